The number of nitrogens with one attached hydrogen (secondary N) is 1. The maximum atomic E-state index is 5.94. The number of rotatable bonds is 8. The van der Waals surface area contributed by atoms with Crippen molar-refractivity contribution in [2.24, 2.45) is 0 Å². The molecule has 1 aromatic carbocycles. The van der Waals surface area contributed by atoms with Crippen LogP contribution in [-0.2, 0) is 22.6 Å². The second kappa shape index (κ2) is 7.90. The topological polar surface area (TPSA) is 30.5 Å². The molecule has 1 heterocycles. The number of hydrogen-bond acceptors (Lipinski definition) is 4. The molecule has 2 aromatic rings. The van der Waals surface area contributed by atoms with E-state index < -0.39 is 0 Å². The van der Waals surface area contributed by atoms with E-state index in [2.05, 4.69) is 43.4 Å². The van der Waals surface area contributed by atoms with Gasteiger partial charge >= 0.3 is 0 Å². The van der Waals surface area contributed by atoms with Gasteiger partial charge in [-0.3, -0.25) is 0 Å². The van der Waals surface area contributed by atoms with Crippen LogP contribution in [0.25, 0.3) is 10.1 Å². The zero-order chi connectivity index (χ0) is 15.2. The van der Waals surface area contributed by atoms with Gasteiger partial charge in [-0.05, 0) is 18.4 Å². The Morgan fingerprint density at radius 2 is 1.95 bits per heavy atom. The molecular weight excluding hydrogens is 282 g/mol. The number of fused-ring (bicyclic) bond motifs is 1. The van der Waals surface area contributed by atoms with Gasteiger partial charge in [0.25, 0.3) is 0 Å². The number of thiophene rings is 1. The van der Waals surface area contributed by atoms with Gasteiger partial charge in [-0.2, -0.15) is 0 Å². The van der Waals surface area contributed by atoms with Gasteiger partial charge in [0.05, 0.1) is 19.3 Å². The maximum absolute atomic E-state index is 5.94. The SMILES string of the molecule is COCC(C)OCc1c(CNC(C)C)sc2ccccc12. The van der Waals surface area contributed by atoms with Gasteiger partial charge in [0.15, 0.2) is 0 Å². The van der Waals surface area contributed by atoms with Crippen LogP contribution in [0.1, 0.15) is 31.2 Å². The van der Waals surface area contributed by atoms with Crippen LogP contribution in [0.2, 0.25) is 0 Å². The van der Waals surface area contributed by atoms with E-state index in [9.17, 15) is 0 Å². The summed E-state index contributed by atoms with van der Waals surface area (Å²) in [6, 6.07) is 9.04. The molecule has 1 aromatic heterocycles. The number of ether oxygens (including phenoxy) is 2. The summed E-state index contributed by atoms with van der Waals surface area (Å²) in [4.78, 5) is 1.37. The first-order valence-corrected chi connectivity index (χ1v) is 8.26. The van der Waals surface area contributed by atoms with Crippen LogP contribution in [-0.4, -0.2) is 25.9 Å². The first kappa shape index (κ1) is 16.4. The molecule has 0 amide bonds. The first-order chi connectivity index (χ1) is 10.1. The van der Waals surface area contributed by atoms with Crippen molar-refractivity contribution in [3.05, 3.63) is 34.7 Å². The normalized spacial score (nSPS) is 13.2. The van der Waals surface area contributed by atoms with Crippen LogP contribution < -0.4 is 5.32 Å². The molecule has 0 fully saturated rings. The Labute approximate surface area is 131 Å². The lowest BCUT2D eigenvalue weighted by atomic mass is 10.1. The minimum Gasteiger partial charge on any atom is -0.382 e. The Hall–Kier alpha value is -0.940. The lowest BCUT2D eigenvalue weighted by molar-refractivity contribution is 0.000156. The van der Waals surface area contributed by atoms with Gasteiger partial charge in [0.2, 0.25) is 0 Å². The molecule has 1 N–H and O–H groups in total. The number of hydrogen-bond donors (Lipinski definition) is 1. The summed E-state index contributed by atoms with van der Waals surface area (Å²) in [7, 11) is 1.71. The summed E-state index contributed by atoms with van der Waals surface area (Å²) in [5.74, 6) is 0. The van der Waals surface area contributed by atoms with E-state index in [0.717, 1.165) is 6.54 Å². The Morgan fingerprint density at radius 3 is 2.67 bits per heavy atom. The average molecular weight is 307 g/mol. The van der Waals surface area contributed by atoms with Crippen LogP contribution in [0.3, 0.4) is 0 Å². The molecular formula is C17H25NO2S. The van der Waals surface area contributed by atoms with Crippen molar-refractivity contribution in [1.29, 1.82) is 0 Å². The summed E-state index contributed by atoms with van der Waals surface area (Å²) in [5, 5.41) is 4.82. The molecule has 21 heavy (non-hydrogen) atoms. The minimum atomic E-state index is 0.111. The first-order valence-electron chi connectivity index (χ1n) is 7.45. The van der Waals surface area contributed by atoms with Crippen LogP contribution >= 0.6 is 11.3 Å². The van der Waals surface area contributed by atoms with Gasteiger partial charge < -0.3 is 14.8 Å². The van der Waals surface area contributed by atoms with Gasteiger partial charge in [-0.25, -0.2) is 0 Å². The molecule has 0 aliphatic carbocycles. The second-order valence-corrected chi connectivity index (χ2v) is 6.75. The fourth-order valence-electron chi connectivity index (χ4n) is 2.26. The number of benzene rings is 1. The zero-order valence-corrected chi connectivity index (χ0v) is 14.1. The molecule has 0 saturated heterocycles. The lowest BCUT2D eigenvalue weighted by Gasteiger charge is -2.13. The highest BCUT2D eigenvalue weighted by atomic mass is 32.1. The van der Waals surface area contributed by atoms with Gasteiger partial charge in [-0.15, -0.1) is 11.3 Å². The fraction of sp³-hybridized carbons (Fsp3) is 0.529. The quantitative estimate of drug-likeness (QED) is 0.801. The Kier molecular flexibility index (Phi) is 6.18. The molecule has 1 atom stereocenters. The summed E-state index contributed by atoms with van der Waals surface area (Å²) in [5.41, 5.74) is 1.31. The Balaban J connectivity index is 2.18. The van der Waals surface area contributed by atoms with Crippen LogP contribution in [0.4, 0.5) is 0 Å². The predicted octanol–water partition coefficient (Wildman–Crippen LogP) is 3.95. The predicted molar refractivity (Wildman–Crippen MR) is 89.9 cm³/mol. The Morgan fingerprint density at radius 1 is 1.19 bits per heavy atom. The van der Waals surface area contributed by atoms with Gasteiger partial charge in [-0.1, -0.05) is 32.0 Å². The molecule has 0 aliphatic heterocycles. The Bertz CT molecular complexity index is 565. The third-order valence-corrected chi connectivity index (χ3v) is 4.58. The van der Waals surface area contributed by atoms with Crippen molar-refractivity contribution in [3.63, 3.8) is 0 Å². The molecule has 0 bridgehead atoms. The highest BCUT2D eigenvalue weighted by Gasteiger charge is 2.13. The standard InChI is InChI=1S/C17H25NO2S/c1-12(2)18-9-17-15(11-20-13(3)10-19-4)14-7-5-6-8-16(14)21-17/h5-8,12-13,18H,9-11H2,1-4H3. The molecule has 0 aliphatic rings. The summed E-state index contributed by atoms with van der Waals surface area (Å²) < 4.78 is 12.4. The summed E-state index contributed by atoms with van der Waals surface area (Å²) in [6.07, 6.45) is 0.111. The van der Waals surface area contributed by atoms with E-state index in [1.807, 2.05) is 18.3 Å². The highest BCUT2D eigenvalue weighted by Crippen LogP contribution is 2.32. The van der Waals surface area contributed by atoms with Gasteiger partial charge in [0, 0.05) is 34.8 Å². The van der Waals surface area contributed by atoms with E-state index in [-0.39, 0.29) is 6.10 Å². The third-order valence-electron chi connectivity index (χ3n) is 3.37. The van der Waals surface area contributed by atoms with E-state index in [0.29, 0.717) is 19.3 Å². The van der Waals surface area contributed by atoms with Crippen LogP contribution in [0.5, 0.6) is 0 Å². The van der Waals surface area contributed by atoms with Crippen molar-refractivity contribution < 1.29 is 9.47 Å². The summed E-state index contributed by atoms with van der Waals surface area (Å²) >= 11 is 1.86. The second-order valence-electron chi connectivity index (χ2n) is 5.61. The molecule has 116 valence electrons. The largest absolute Gasteiger partial charge is 0.382 e. The van der Waals surface area contributed by atoms with E-state index >= 15 is 0 Å². The van der Waals surface area contributed by atoms with Crippen molar-refractivity contribution in [2.75, 3.05) is 13.7 Å². The molecule has 4 heteroatoms. The molecule has 0 saturated carbocycles. The third kappa shape index (κ3) is 4.51. The fourth-order valence-corrected chi connectivity index (χ4v) is 3.42. The lowest BCUT2D eigenvalue weighted by Crippen LogP contribution is -2.22. The molecule has 0 spiro atoms. The monoisotopic (exact) mass is 307 g/mol. The smallest absolute Gasteiger partial charge is 0.0784 e. The minimum absolute atomic E-state index is 0.111. The molecule has 1 unspecified atom stereocenters. The molecule has 3 nitrogen and oxygen atoms in total. The van der Waals surface area contributed by atoms with Gasteiger partial charge in [0.1, 0.15) is 0 Å². The van der Waals surface area contributed by atoms with E-state index in [4.69, 9.17) is 9.47 Å². The van der Waals surface area contributed by atoms with Crippen LogP contribution in [0.15, 0.2) is 24.3 Å². The van der Waals surface area contributed by atoms with Crippen molar-refractivity contribution >= 4 is 21.4 Å². The zero-order valence-electron chi connectivity index (χ0n) is 13.3. The molecule has 0 radical (unpaired) electrons. The van der Waals surface area contributed by atoms with Crippen LogP contribution in [0, 0.1) is 0 Å². The number of methoxy groups -OCH3 is 1. The van der Waals surface area contributed by atoms with E-state index in [1.54, 1.807) is 7.11 Å². The maximum Gasteiger partial charge on any atom is 0.0784 e. The van der Waals surface area contributed by atoms with E-state index in [1.165, 1.54) is 20.5 Å². The average Bonchev–Trinajstić information content (AvgIpc) is 2.81. The van der Waals surface area contributed by atoms with Crippen molar-refractivity contribution in [2.45, 2.75) is 46.1 Å². The molecule has 2 rings (SSSR count). The summed E-state index contributed by atoms with van der Waals surface area (Å²) in [6.45, 7) is 8.55. The highest BCUT2D eigenvalue weighted by molar-refractivity contribution is 7.19. The van der Waals surface area contributed by atoms with Crippen molar-refractivity contribution in [1.82, 2.24) is 5.32 Å². The van der Waals surface area contributed by atoms with Crippen molar-refractivity contribution in [3.8, 4) is 0 Å².